The molecule has 0 saturated carbocycles. The number of nitrogens with two attached hydrogens (primary N) is 1. The number of hydrogen-bond acceptors (Lipinski definition) is 4. The van der Waals surface area contributed by atoms with Gasteiger partial charge < -0.3 is 20.9 Å². The van der Waals surface area contributed by atoms with E-state index in [1.54, 1.807) is 12.1 Å². The van der Waals surface area contributed by atoms with E-state index in [1.807, 2.05) is 0 Å². The van der Waals surface area contributed by atoms with Crippen LogP contribution in [0.4, 0.5) is 5.69 Å². The van der Waals surface area contributed by atoms with Crippen molar-refractivity contribution in [2.24, 2.45) is 5.73 Å². The van der Waals surface area contributed by atoms with Crippen molar-refractivity contribution in [3.63, 3.8) is 0 Å². The first kappa shape index (κ1) is 13.6. The van der Waals surface area contributed by atoms with Crippen LogP contribution >= 0.6 is 11.6 Å². The Labute approximate surface area is 105 Å². The van der Waals surface area contributed by atoms with Crippen molar-refractivity contribution in [1.29, 1.82) is 0 Å². The minimum absolute atomic E-state index is 0.148. The Morgan fingerprint density at radius 1 is 1.65 bits per heavy atom. The summed E-state index contributed by atoms with van der Waals surface area (Å²) in [5, 5.41) is 12.3. The largest absolute Gasteiger partial charge is 0.495 e. The van der Waals surface area contributed by atoms with Crippen molar-refractivity contribution >= 4 is 23.2 Å². The number of ether oxygens (including phenoxy) is 1. The van der Waals surface area contributed by atoms with Crippen LogP contribution in [0.1, 0.15) is 10.4 Å². The summed E-state index contributed by atoms with van der Waals surface area (Å²) in [4.78, 5) is 11.0. The van der Waals surface area contributed by atoms with Gasteiger partial charge in [-0.1, -0.05) is 0 Å². The van der Waals surface area contributed by atoms with Gasteiger partial charge in [0.05, 0.1) is 24.8 Å². The molecule has 0 aromatic heterocycles. The van der Waals surface area contributed by atoms with Gasteiger partial charge in [-0.3, -0.25) is 4.79 Å². The van der Waals surface area contributed by atoms with Gasteiger partial charge in [0.2, 0.25) is 5.91 Å². The van der Waals surface area contributed by atoms with Crippen molar-refractivity contribution < 1.29 is 14.6 Å². The first-order valence-corrected chi connectivity index (χ1v) is 5.57. The third-order valence-electron chi connectivity index (χ3n) is 2.19. The van der Waals surface area contributed by atoms with Gasteiger partial charge >= 0.3 is 0 Å². The smallest absolute Gasteiger partial charge is 0.248 e. The molecule has 1 rings (SSSR count). The fourth-order valence-corrected chi connectivity index (χ4v) is 1.38. The summed E-state index contributed by atoms with van der Waals surface area (Å²) in [6.07, 6.45) is -0.641. The summed E-state index contributed by atoms with van der Waals surface area (Å²) < 4.78 is 5.12. The number of amides is 1. The fourth-order valence-electron chi connectivity index (χ4n) is 1.27. The van der Waals surface area contributed by atoms with Crippen molar-refractivity contribution in [1.82, 2.24) is 0 Å². The Kier molecular flexibility index (Phi) is 5.06. The lowest BCUT2D eigenvalue weighted by Gasteiger charge is -2.13. The predicted molar refractivity (Wildman–Crippen MR) is 66.7 cm³/mol. The third kappa shape index (κ3) is 3.80. The van der Waals surface area contributed by atoms with E-state index in [0.29, 0.717) is 23.5 Å². The maximum absolute atomic E-state index is 11.0. The van der Waals surface area contributed by atoms with Crippen molar-refractivity contribution in [3.05, 3.63) is 23.8 Å². The van der Waals surface area contributed by atoms with Gasteiger partial charge in [-0.25, -0.2) is 0 Å². The molecule has 1 aromatic rings. The van der Waals surface area contributed by atoms with Crippen LogP contribution in [0.5, 0.6) is 5.75 Å². The minimum Gasteiger partial charge on any atom is -0.495 e. The van der Waals surface area contributed by atoms with Crippen molar-refractivity contribution in [3.8, 4) is 5.75 Å². The number of benzene rings is 1. The van der Waals surface area contributed by atoms with Crippen molar-refractivity contribution in [2.75, 3.05) is 24.9 Å². The Hall–Kier alpha value is -1.46. The topological polar surface area (TPSA) is 84.6 Å². The highest BCUT2D eigenvalue weighted by Crippen LogP contribution is 2.25. The highest BCUT2D eigenvalue weighted by Gasteiger charge is 2.09. The number of anilines is 1. The van der Waals surface area contributed by atoms with Gasteiger partial charge in [-0.05, 0) is 18.2 Å². The van der Waals surface area contributed by atoms with E-state index in [1.165, 1.54) is 13.2 Å². The molecule has 1 amide bonds. The number of rotatable bonds is 6. The minimum atomic E-state index is -0.641. The number of aliphatic hydroxyl groups excluding tert-OH is 1. The van der Waals surface area contributed by atoms with E-state index in [9.17, 15) is 9.90 Å². The Balaban J connectivity index is 2.82. The Morgan fingerprint density at radius 2 is 2.35 bits per heavy atom. The highest BCUT2D eigenvalue weighted by atomic mass is 35.5. The molecule has 0 bridgehead atoms. The number of halogens is 1. The molecule has 5 nitrogen and oxygen atoms in total. The lowest BCUT2D eigenvalue weighted by atomic mass is 10.1. The number of aliphatic hydroxyl groups is 1. The molecule has 94 valence electrons. The monoisotopic (exact) mass is 258 g/mol. The molecule has 1 aromatic carbocycles. The normalized spacial score (nSPS) is 11.9. The van der Waals surface area contributed by atoms with Crippen LogP contribution in [0.3, 0.4) is 0 Å². The molecular formula is C11H15ClN2O3. The lowest BCUT2D eigenvalue weighted by molar-refractivity contribution is 0.1000. The second-order valence-electron chi connectivity index (χ2n) is 3.47. The standard InChI is InChI=1S/C11H15ClN2O3/c1-17-10-4-7(11(13)16)2-3-9(10)14-6-8(15)5-12/h2-4,8,14-15H,5-6H2,1H3,(H2,13,16). The summed E-state index contributed by atoms with van der Waals surface area (Å²) in [5.41, 5.74) is 6.19. The van der Waals surface area contributed by atoms with Crippen LogP contribution in [0, 0.1) is 0 Å². The zero-order valence-electron chi connectivity index (χ0n) is 9.44. The highest BCUT2D eigenvalue weighted by molar-refractivity contribution is 6.18. The van der Waals surface area contributed by atoms with Gasteiger partial charge in [-0.2, -0.15) is 0 Å². The van der Waals surface area contributed by atoms with Crippen LogP contribution < -0.4 is 15.8 Å². The Morgan fingerprint density at radius 3 is 2.88 bits per heavy atom. The third-order valence-corrected chi connectivity index (χ3v) is 2.55. The first-order valence-electron chi connectivity index (χ1n) is 5.04. The molecule has 0 heterocycles. The van der Waals surface area contributed by atoms with Gasteiger partial charge in [0.1, 0.15) is 5.75 Å². The van der Waals surface area contributed by atoms with E-state index >= 15 is 0 Å². The van der Waals surface area contributed by atoms with Gasteiger partial charge in [0.25, 0.3) is 0 Å². The molecule has 1 atom stereocenters. The number of carbonyl (C=O) groups excluding carboxylic acids is 1. The molecule has 4 N–H and O–H groups in total. The molecule has 0 aliphatic rings. The molecule has 0 spiro atoms. The van der Waals surface area contributed by atoms with Crippen LogP contribution in [0.15, 0.2) is 18.2 Å². The number of nitrogens with one attached hydrogen (secondary N) is 1. The molecule has 0 aliphatic heterocycles. The molecular weight excluding hydrogens is 244 g/mol. The van der Waals surface area contributed by atoms with Crippen LogP contribution in [0.25, 0.3) is 0 Å². The van der Waals surface area contributed by atoms with E-state index in [0.717, 1.165) is 0 Å². The summed E-state index contributed by atoms with van der Waals surface area (Å²) in [6.45, 7) is 0.301. The zero-order valence-corrected chi connectivity index (χ0v) is 10.2. The van der Waals surface area contributed by atoms with E-state index in [-0.39, 0.29) is 5.88 Å². The van der Waals surface area contributed by atoms with Crippen LogP contribution in [0.2, 0.25) is 0 Å². The SMILES string of the molecule is COc1cc(C(N)=O)ccc1NCC(O)CCl. The Bertz CT molecular complexity index is 398. The maximum atomic E-state index is 11.0. The van der Waals surface area contributed by atoms with Crippen molar-refractivity contribution in [2.45, 2.75) is 6.10 Å². The summed E-state index contributed by atoms with van der Waals surface area (Å²) in [6, 6.07) is 4.79. The quantitative estimate of drug-likeness (QED) is 0.659. The molecule has 6 heteroatoms. The van der Waals surface area contributed by atoms with E-state index in [4.69, 9.17) is 22.1 Å². The van der Waals surface area contributed by atoms with E-state index < -0.39 is 12.0 Å². The predicted octanol–water partition coefficient (Wildman–Crippen LogP) is 0.806. The van der Waals surface area contributed by atoms with Gasteiger partial charge in [0.15, 0.2) is 0 Å². The molecule has 0 fully saturated rings. The number of carbonyl (C=O) groups is 1. The second-order valence-corrected chi connectivity index (χ2v) is 3.78. The molecule has 17 heavy (non-hydrogen) atoms. The second kappa shape index (κ2) is 6.32. The molecule has 0 aliphatic carbocycles. The van der Waals surface area contributed by atoms with E-state index in [2.05, 4.69) is 5.32 Å². The number of methoxy groups -OCH3 is 1. The van der Waals surface area contributed by atoms with Gasteiger partial charge in [0, 0.05) is 12.1 Å². The number of primary amides is 1. The fraction of sp³-hybridized carbons (Fsp3) is 0.364. The molecule has 0 saturated heterocycles. The molecule has 1 unspecified atom stereocenters. The summed E-state index contributed by atoms with van der Waals surface area (Å²) in [5.74, 6) is 0.119. The first-order chi connectivity index (χ1) is 8.08. The maximum Gasteiger partial charge on any atom is 0.248 e. The average Bonchev–Trinajstić information content (AvgIpc) is 2.35. The number of alkyl halides is 1. The lowest BCUT2D eigenvalue weighted by Crippen LogP contribution is -2.21. The summed E-state index contributed by atoms with van der Waals surface area (Å²) in [7, 11) is 1.49. The average molecular weight is 259 g/mol. The summed E-state index contributed by atoms with van der Waals surface area (Å²) >= 11 is 5.48. The van der Waals surface area contributed by atoms with Gasteiger partial charge in [-0.15, -0.1) is 11.6 Å². The molecule has 0 radical (unpaired) electrons. The number of hydrogen-bond donors (Lipinski definition) is 3. The zero-order chi connectivity index (χ0) is 12.8. The van der Waals surface area contributed by atoms with Crippen LogP contribution in [-0.2, 0) is 0 Å². The van der Waals surface area contributed by atoms with Crippen LogP contribution in [-0.4, -0.2) is 36.7 Å².